The molecule has 0 aliphatic heterocycles. The molecule has 1 rings (SSSR count). The number of methoxy groups -OCH3 is 1. The van der Waals surface area contributed by atoms with Crippen molar-refractivity contribution in [3.05, 3.63) is 11.7 Å². The van der Waals surface area contributed by atoms with Crippen LogP contribution in [0, 0.1) is 6.20 Å². The fraction of sp³-hybridized carbons (Fsp3) is 0.250. The third-order valence-electron chi connectivity index (χ3n) is 0.554. The smallest absolute Gasteiger partial charge is 0.203 e. The maximum atomic E-state index is 4.75. The van der Waals surface area contributed by atoms with E-state index in [1.807, 2.05) is 0 Å². The maximum Gasteiger partial charge on any atom is 0.203 e. The standard InChI is InChI=1S/C4H4NOS/c1-6-4-2-5-3-7-4/h3H,1H3. The molecule has 0 aromatic carbocycles. The molecule has 0 bridgehead atoms. The van der Waals surface area contributed by atoms with Crippen molar-refractivity contribution in [3.63, 3.8) is 0 Å². The van der Waals surface area contributed by atoms with E-state index in [0.29, 0.717) is 0 Å². The van der Waals surface area contributed by atoms with E-state index in [0.717, 1.165) is 5.06 Å². The van der Waals surface area contributed by atoms with Gasteiger partial charge in [0, 0.05) is 0 Å². The largest absolute Gasteiger partial charge is 0.486 e. The minimum absolute atomic E-state index is 0.736. The Kier molecular flexibility index (Phi) is 1.26. The van der Waals surface area contributed by atoms with E-state index in [9.17, 15) is 0 Å². The number of ether oxygens (including phenoxy) is 1. The van der Waals surface area contributed by atoms with Gasteiger partial charge in [-0.2, -0.15) is 0 Å². The Labute approximate surface area is 45.8 Å². The first-order valence-electron chi connectivity index (χ1n) is 1.78. The first kappa shape index (κ1) is 4.59. The first-order valence-corrected chi connectivity index (χ1v) is 2.66. The van der Waals surface area contributed by atoms with E-state index in [-0.39, 0.29) is 0 Å². The number of rotatable bonds is 1. The van der Waals surface area contributed by atoms with Crippen molar-refractivity contribution in [2.24, 2.45) is 0 Å². The Bertz CT molecular complexity index is 126. The van der Waals surface area contributed by atoms with E-state index in [2.05, 4.69) is 11.2 Å². The quantitative estimate of drug-likeness (QED) is 0.542. The minimum atomic E-state index is 0.736. The van der Waals surface area contributed by atoms with Gasteiger partial charge in [0.2, 0.25) is 5.06 Å². The minimum Gasteiger partial charge on any atom is -0.486 e. The number of thiazole rings is 1. The molecule has 0 atom stereocenters. The average Bonchev–Trinajstić information content (AvgIpc) is 2.14. The van der Waals surface area contributed by atoms with E-state index < -0.39 is 0 Å². The second-order valence-corrected chi connectivity index (χ2v) is 1.77. The highest BCUT2D eigenvalue weighted by Crippen LogP contribution is 2.12. The Morgan fingerprint density at radius 3 is 3.14 bits per heavy atom. The lowest BCUT2D eigenvalue weighted by Crippen LogP contribution is -1.74. The molecule has 3 heteroatoms. The van der Waals surface area contributed by atoms with Crippen LogP contribution in [0.3, 0.4) is 0 Å². The van der Waals surface area contributed by atoms with Gasteiger partial charge < -0.3 is 4.74 Å². The molecule has 0 fully saturated rings. The zero-order valence-corrected chi connectivity index (χ0v) is 4.66. The lowest BCUT2D eigenvalue weighted by atomic mass is 10.9. The van der Waals surface area contributed by atoms with Gasteiger partial charge in [0.25, 0.3) is 0 Å². The van der Waals surface area contributed by atoms with Gasteiger partial charge in [-0.3, -0.25) is 0 Å². The van der Waals surface area contributed by atoms with Gasteiger partial charge in [0.1, 0.15) is 6.20 Å². The number of aromatic nitrogens is 1. The molecular weight excluding hydrogens is 110 g/mol. The van der Waals surface area contributed by atoms with Crippen LogP contribution in [0.4, 0.5) is 0 Å². The molecule has 0 N–H and O–H groups in total. The van der Waals surface area contributed by atoms with Gasteiger partial charge in [0.15, 0.2) is 0 Å². The van der Waals surface area contributed by atoms with Crippen LogP contribution in [0.25, 0.3) is 0 Å². The van der Waals surface area contributed by atoms with Gasteiger partial charge in [0.05, 0.1) is 12.6 Å². The molecule has 1 aromatic heterocycles. The Morgan fingerprint density at radius 1 is 2.00 bits per heavy atom. The third-order valence-corrected chi connectivity index (χ3v) is 1.24. The van der Waals surface area contributed by atoms with Crippen molar-refractivity contribution >= 4 is 11.3 Å². The Hall–Kier alpha value is -0.570. The Balaban J connectivity index is 2.76. The average molecular weight is 114 g/mol. The molecule has 7 heavy (non-hydrogen) atoms. The monoisotopic (exact) mass is 114 g/mol. The van der Waals surface area contributed by atoms with Crippen LogP contribution in [-0.4, -0.2) is 12.1 Å². The van der Waals surface area contributed by atoms with Gasteiger partial charge in [-0.1, -0.05) is 11.3 Å². The predicted molar refractivity (Wildman–Crippen MR) is 27.5 cm³/mol. The van der Waals surface area contributed by atoms with Crippen molar-refractivity contribution in [1.29, 1.82) is 0 Å². The summed E-state index contributed by atoms with van der Waals surface area (Å²) in [5.41, 5.74) is 1.68. The molecule has 0 saturated heterocycles. The van der Waals surface area contributed by atoms with Crippen molar-refractivity contribution in [2.75, 3.05) is 7.11 Å². The molecule has 0 saturated carbocycles. The fourth-order valence-corrected chi connectivity index (χ4v) is 0.676. The summed E-state index contributed by atoms with van der Waals surface area (Å²) in [5.74, 6) is 0. The highest BCUT2D eigenvalue weighted by Gasteiger charge is 1.86. The molecule has 0 aliphatic carbocycles. The van der Waals surface area contributed by atoms with Crippen LogP contribution in [0.2, 0.25) is 0 Å². The zero-order valence-electron chi connectivity index (χ0n) is 3.84. The molecule has 37 valence electrons. The van der Waals surface area contributed by atoms with Gasteiger partial charge in [-0.25, -0.2) is 4.98 Å². The predicted octanol–water partition coefficient (Wildman–Crippen LogP) is 0.952. The van der Waals surface area contributed by atoms with Crippen molar-refractivity contribution in [3.8, 4) is 5.06 Å². The normalized spacial score (nSPS) is 8.71. The van der Waals surface area contributed by atoms with Crippen LogP contribution in [-0.2, 0) is 0 Å². The summed E-state index contributed by atoms with van der Waals surface area (Å²) in [6.45, 7) is 0. The summed E-state index contributed by atoms with van der Waals surface area (Å²) in [7, 11) is 1.60. The summed E-state index contributed by atoms with van der Waals surface area (Å²) in [6.07, 6.45) is 2.63. The lowest BCUT2D eigenvalue weighted by molar-refractivity contribution is 0.425. The summed E-state index contributed by atoms with van der Waals surface area (Å²) in [5, 5.41) is 0.736. The van der Waals surface area contributed by atoms with Crippen molar-refractivity contribution < 1.29 is 4.74 Å². The van der Waals surface area contributed by atoms with Gasteiger partial charge in [-0.05, 0) is 0 Å². The SMILES string of the molecule is COc1[c]ncs1. The maximum absolute atomic E-state index is 4.75. The Morgan fingerprint density at radius 2 is 2.86 bits per heavy atom. The zero-order chi connectivity index (χ0) is 5.11. The second-order valence-electron chi connectivity index (χ2n) is 0.956. The van der Waals surface area contributed by atoms with Gasteiger partial charge in [-0.15, -0.1) is 0 Å². The van der Waals surface area contributed by atoms with Crippen molar-refractivity contribution in [2.45, 2.75) is 0 Å². The molecule has 1 radical (unpaired) electrons. The van der Waals surface area contributed by atoms with Crippen LogP contribution < -0.4 is 4.74 Å². The third kappa shape index (κ3) is 0.899. The van der Waals surface area contributed by atoms with Crippen LogP contribution in [0.15, 0.2) is 5.51 Å². The molecule has 0 spiro atoms. The molecule has 2 nitrogen and oxygen atoms in total. The molecule has 0 amide bonds. The van der Waals surface area contributed by atoms with Crippen LogP contribution in [0.1, 0.15) is 0 Å². The molecular formula is C4H4NOS. The number of hydrogen-bond acceptors (Lipinski definition) is 3. The van der Waals surface area contributed by atoms with E-state index >= 15 is 0 Å². The number of hydrogen-bond donors (Lipinski definition) is 0. The van der Waals surface area contributed by atoms with Gasteiger partial charge >= 0.3 is 0 Å². The summed E-state index contributed by atoms with van der Waals surface area (Å²) < 4.78 is 4.75. The second kappa shape index (κ2) is 1.93. The highest BCUT2D eigenvalue weighted by molar-refractivity contribution is 7.11. The van der Waals surface area contributed by atoms with Crippen LogP contribution >= 0.6 is 11.3 Å². The summed E-state index contributed by atoms with van der Waals surface area (Å²) in [6, 6.07) is 0. The fourth-order valence-electron chi connectivity index (χ4n) is 0.273. The van der Waals surface area contributed by atoms with E-state index in [1.165, 1.54) is 11.3 Å². The first-order chi connectivity index (χ1) is 3.43. The molecule has 0 unspecified atom stereocenters. The topological polar surface area (TPSA) is 22.1 Å². The van der Waals surface area contributed by atoms with Crippen molar-refractivity contribution in [1.82, 2.24) is 4.98 Å². The summed E-state index contributed by atoms with van der Waals surface area (Å²) in [4.78, 5) is 3.66. The number of nitrogens with zero attached hydrogens (tertiary/aromatic N) is 1. The summed E-state index contributed by atoms with van der Waals surface area (Å²) >= 11 is 1.43. The highest BCUT2D eigenvalue weighted by atomic mass is 32.1. The molecule has 0 aliphatic rings. The van der Waals surface area contributed by atoms with Crippen LogP contribution in [0.5, 0.6) is 5.06 Å². The lowest BCUT2D eigenvalue weighted by Gasteiger charge is -1.84. The molecule has 1 aromatic rings. The van der Waals surface area contributed by atoms with E-state index in [4.69, 9.17) is 4.74 Å². The molecule has 1 heterocycles. The van der Waals surface area contributed by atoms with E-state index in [1.54, 1.807) is 12.6 Å².